The van der Waals surface area contributed by atoms with Crippen LogP contribution in [-0.4, -0.2) is 10.6 Å². The predicted molar refractivity (Wildman–Crippen MR) is 197 cm³/mol. The quantitative estimate of drug-likeness (QED) is 0.119. The van der Waals surface area contributed by atoms with Gasteiger partial charge in [-0.1, -0.05) is 104 Å². The number of rotatable bonds is 6. The van der Waals surface area contributed by atoms with Crippen molar-refractivity contribution in [3.8, 4) is 0 Å². The van der Waals surface area contributed by atoms with E-state index in [0.717, 1.165) is 16.7 Å². The summed E-state index contributed by atoms with van der Waals surface area (Å²) in [6, 6.07) is 51.2. The molecule has 1 aliphatic carbocycles. The number of nitrogens with zero attached hydrogens (tertiary/aromatic N) is 3. The van der Waals surface area contributed by atoms with Crippen LogP contribution in [0.3, 0.4) is 0 Å². The number of hydrogen-bond acceptors (Lipinski definition) is 0. The van der Waals surface area contributed by atoms with E-state index in [1.54, 1.807) is 0 Å². The fraction of sp³-hybridized carbons (Fsp3) is 0.186. The number of fused-ring (bicyclic) bond motifs is 1. The summed E-state index contributed by atoms with van der Waals surface area (Å²) < 4.78 is 2.23. The van der Waals surface area contributed by atoms with Crippen molar-refractivity contribution in [1.82, 2.24) is 4.57 Å². The number of benzene rings is 5. The molecule has 5 aromatic carbocycles. The molecule has 0 saturated heterocycles. The topological polar surface area (TPSA) is 33.1 Å². The molecule has 1 atom stereocenters. The van der Waals surface area contributed by atoms with Crippen LogP contribution in [0.4, 0.5) is 0 Å². The van der Waals surface area contributed by atoms with Crippen molar-refractivity contribution in [2.75, 3.05) is 0 Å². The van der Waals surface area contributed by atoms with Crippen LogP contribution in [0.15, 0.2) is 158 Å². The van der Waals surface area contributed by atoms with Crippen molar-refractivity contribution >= 4 is 10.9 Å². The number of aromatic nitrogens is 1. The molecule has 0 radical (unpaired) electrons. The Morgan fingerprint density at radius 1 is 0.553 bits per heavy atom. The van der Waals surface area contributed by atoms with E-state index in [-0.39, 0.29) is 32.1 Å². The van der Waals surface area contributed by atoms with E-state index in [1.165, 1.54) is 48.6 Å². The Kier molecular flexibility index (Phi) is 17.4. The van der Waals surface area contributed by atoms with Crippen LogP contribution in [0.5, 0.6) is 0 Å². The minimum Gasteiger partial charge on any atom is -0.658 e. The fourth-order valence-electron chi connectivity index (χ4n) is 5.14. The van der Waals surface area contributed by atoms with Crippen molar-refractivity contribution in [3.63, 3.8) is 0 Å². The van der Waals surface area contributed by atoms with E-state index in [0.29, 0.717) is 12.6 Å². The van der Waals surface area contributed by atoms with E-state index in [1.807, 2.05) is 97.1 Å². The van der Waals surface area contributed by atoms with Gasteiger partial charge in [0.25, 0.3) is 0 Å². The van der Waals surface area contributed by atoms with Crippen LogP contribution < -0.4 is 0 Å². The maximum absolute atomic E-state index is 5.14. The molecule has 7 rings (SSSR count). The van der Waals surface area contributed by atoms with Crippen LogP contribution in [0.2, 0.25) is 0 Å². The molecule has 6 aromatic rings. The van der Waals surface area contributed by atoms with Gasteiger partial charge in [0.05, 0.1) is 0 Å². The zero-order valence-electron chi connectivity index (χ0n) is 27.4. The average Bonchev–Trinajstić information content (AvgIpc) is 3.54. The minimum absolute atomic E-state index is 0. The van der Waals surface area contributed by atoms with Crippen molar-refractivity contribution in [3.05, 3.63) is 212 Å². The van der Waals surface area contributed by atoms with E-state index < -0.39 is 0 Å². The summed E-state index contributed by atoms with van der Waals surface area (Å²) in [5.41, 5.74) is 5.67. The maximum atomic E-state index is 5.14. The molecule has 0 N–H and O–H groups in total. The van der Waals surface area contributed by atoms with Crippen LogP contribution >= 0.6 is 0 Å². The van der Waals surface area contributed by atoms with Crippen molar-refractivity contribution in [2.45, 2.75) is 51.0 Å². The molecule has 0 aliphatic heterocycles. The largest absolute Gasteiger partial charge is 0.658 e. The summed E-state index contributed by atoms with van der Waals surface area (Å²) in [4.78, 5) is 0. The second-order valence-corrected chi connectivity index (χ2v) is 11.4. The standard InChI is InChI=1S/C22H25N3.3C7H7.Hf/c1-3-9-18(10-4-1)17-23-22(24-20-12-5-2-6-13-20)25-16-15-19-11-7-8-14-21(19)25;3*1-7-5-3-2-4-6-7;/h1,3-4,7-11,14-16,20,22H,2,5-6,12-13,17H2;3*2-6H,1H2;/q-2;3*-1;. The predicted octanol–water partition coefficient (Wildman–Crippen LogP) is 12.0. The first-order chi connectivity index (χ1) is 22.6. The third kappa shape index (κ3) is 14.1. The molecule has 242 valence electrons. The SMILES string of the molecule is [CH2-]c1ccccc1.[CH2-]c1ccccc1.[CH2-]c1ccccc1.[Hf].c1ccc(C[N-]C([N-]C2CCCCC2)n2ccc3ccccc32)cc1. The molecule has 1 aromatic heterocycles. The molecule has 1 fully saturated rings. The van der Waals surface area contributed by atoms with Gasteiger partial charge in [0.1, 0.15) is 0 Å². The van der Waals surface area contributed by atoms with Gasteiger partial charge in [-0.15, -0.1) is 49.0 Å². The summed E-state index contributed by atoms with van der Waals surface area (Å²) in [5, 5.41) is 11.4. The van der Waals surface area contributed by atoms with Gasteiger partial charge in [-0.05, 0) is 17.5 Å². The maximum Gasteiger partial charge on any atom is 0.0450 e. The van der Waals surface area contributed by atoms with Gasteiger partial charge in [-0.2, -0.15) is 80.1 Å². The summed E-state index contributed by atoms with van der Waals surface area (Å²) >= 11 is 0. The van der Waals surface area contributed by atoms with Crippen molar-refractivity contribution in [2.24, 2.45) is 0 Å². The molecule has 1 aliphatic rings. The zero-order valence-corrected chi connectivity index (χ0v) is 31.0. The Bertz CT molecular complexity index is 1520. The molecule has 1 saturated carbocycles. The van der Waals surface area contributed by atoms with Gasteiger partial charge in [0.15, 0.2) is 0 Å². The molecular formula is C43H46HfN3-5. The van der Waals surface area contributed by atoms with E-state index in [2.05, 4.69) is 86.1 Å². The Labute approximate surface area is 302 Å². The summed E-state index contributed by atoms with van der Waals surface area (Å²) in [5.74, 6) is 0. The molecule has 4 heteroatoms. The molecule has 0 bridgehead atoms. The Morgan fingerprint density at radius 2 is 1.00 bits per heavy atom. The summed E-state index contributed by atoms with van der Waals surface area (Å²) in [7, 11) is 0. The van der Waals surface area contributed by atoms with E-state index in [9.17, 15) is 0 Å². The molecule has 1 heterocycles. The molecule has 0 amide bonds. The Hall–Kier alpha value is -3.96. The van der Waals surface area contributed by atoms with Crippen molar-refractivity contribution in [1.29, 1.82) is 0 Å². The molecule has 3 nitrogen and oxygen atoms in total. The van der Waals surface area contributed by atoms with Crippen molar-refractivity contribution < 1.29 is 25.8 Å². The summed E-state index contributed by atoms with van der Waals surface area (Å²) in [6.07, 6.45) is 8.36. The first kappa shape index (κ1) is 37.5. The third-order valence-corrected chi connectivity index (χ3v) is 7.61. The first-order valence-electron chi connectivity index (χ1n) is 16.2. The average molecular weight is 783 g/mol. The van der Waals surface area contributed by atoms with Gasteiger partial charge < -0.3 is 15.2 Å². The Morgan fingerprint density at radius 3 is 1.47 bits per heavy atom. The fourth-order valence-corrected chi connectivity index (χ4v) is 5.14. The Balaban J connectivity index is 0.000000220. The second kappa shape index (κ2) is 21.8. The smallest absolute Gasteiger partial charge is 0.0450 e. The summed E-state index contributed by atoms with van der Waals surface area (Å²) in [6.45, 7) is 11.9. The van der Waals surface area contributed by atoms with E-state index in [4.69, 9.17) is 10.6 Å². The number of hydrogen-bond donors (Lipinski definition) is 0. The zero-order chi connectivity index (χ0) is 32.2. The van der Waals surface area contributed by atoms with Crippen LogP contribution in [0.1, 0.15) is 60.6 Å². The number of para-hydroxylation sites is 1. The monoisotopic (exact) mass is 784 g/mol. The third-order valence-electron chi connectivity index (χ3n) is 7.61. The second-order valence-electron chi connectivity index (χ2n) is 11.4. The molecule has 1 unspecified atom stereocenters. The van der Waals surface area contributed by atoms with Gasteiger partial charge in [0.2, 0.25) is 0 Å². The molecular weight excluding hydrogens is 737 g/mol. The van der Waals surface area contributed by atoms with Crippen LogP contribution in [0, 0.1) is 20.8 Å². The van der Waals surface area contributed by atoms with Gasteiger partial charge >= 0.3 is 0 Å². The molecule has 0 spiro atoms. The van der Waals surface area contributed by atoms with Crippen LogP contribution in [0.25, 0.3) is 21.5 Å². The van der Waals surface area contributed by atoms with E-state index >= 15 is 0 Å². The first-order valence-corrected chi connectivity index (χ1v) is 16.2. The van der Waals surface area contributed by atoms with Crippen LogP contribution in [-0.2, 0) is 32.4 Å². The minimum atomic E-state index is -0.136. The van der Waals surface area contributed by atoms with Gasteiger partial charge in [-0.25, -0.2) is 0 Å². The molecule has 47 heavy (non-hydrogen) atoms. The normalized spacial score (nSPS) is 12.9. The van der Waals surface area contributed by atoms with Gasteiger partial charge in [-0.3, -0.25) is 0 Å². The van der Waals surface area contributed by atoms with Gasteiger partial charge in [0, 0.05) is 37.6 Å².